The summed E-state index contributed by atoms with van der Waals surface area (Å²) in [4.78, 5) is 12.6. The monoisotopic (exact) mass is 454 g/mol. The lowest BCUT2D eigenvalue weighted by molar-refractivity contribution is -0.309. The van der Waals surface area contributed by atoms with Crippen LogP contribution in [0.25, 0.3) is 0 Å². The van der Waals surface area contributed by atoms with E-state index in [0.717, 1.165) is 11.1 Å². The lowest BCUT2D eigenvalue weighted by Crippen LogP contribution is -2.60. The molecular formula is C27H34O6. The average molecular weight is 455 g/mol. The zero-order chi connectivity index (χ0) is 23.6. The number of esters is 1. The Balaban J connectivity index is 1.81. The molecular weight excluding hydrogens is 420 g/mol. The zero-order valence-electron chi connectivity index (χ0n) is 19.6. The summed E-state index contributed by atoms with van der Waals surface area (Å²) < 4.78 is 30.1. The fourth-order valence-electron chi connectivity index (χ4n) is 3.77. The van der Waals surface area contributed by atoms with Gasteiger partial charge < -0.3 is 23.7 Å². The molecule has 0 bridgehead atoms. The van der Waals surface area contributed by atoms with Crippen LogP contribution >= 0.6 is 0 Å². The van der Waals surface area contributed by atoms with Crippen LogP contribution in [0.1, 0.15) is 31.4 Å². The summed E-state index contributed by atoms with van der Waals surface area (Å²) in [5, 5.41) is 0. The van der Waals surface area contributed by atoms with Crippen LogP contribution in [-0.2, 0) is 41.7 Å². The van der Waals surface area contributed by atoms with Crippen LogP contribution in [0.15, 0.2) is 73.3 Å². The van der Waals surface area contributed by atoms with Crippen molar-refractivity contribution in [1.29, 1.82) is 0 Å². The fourth-order valence-corrected chi connectivity index (χ4v) is 3.77. The summed E-state index contributed by atoms with van der Waals surface area (Å²) in [6, 6.07) is 19.7. The molecule has 6 nitrogen and oxygen atoms in total. The molecule has 6 heteroatoms. The molecule has 0 radical (unpaired) electrons. The number of rotatable bonds is 11. The smallest absolute Gasteiger partial charge is 0.306 e. The highest BCUT2D eigenvalue weighted by Gasteiger charge is 2.48. The highest BCUT2D eigenvalue weighted by molar-refractivity contribution is 5.70. The van der Waals surface area contributed by atoms with Gasteiger partial charge in [0.25, 0.3) is 0 Å². The number of carbonyl (C=O) groups excluding carboxylic acids is 1. The Morgan fingerprint density at radius 2 is 1.52 bits per heavy atom. The first-order chi connectivity index (χ1) is 16.0. The van der Waals surface area contributed by atoms with Crippen LogP contribution in [0.4, 0.5) is 0 Å². The first-order valence-electron chi connectivity index (χ1n) is 11.3. The molecule has 1 fully saturated rings. The molecule has 3 rings (SSSR count). The molecule has 1 aliphatic heterocycles. The van der Waals surface area contributed by atoms with Gasteiger partial charge in [-0.1, -0.05) is 73.7 Å². The van der Waals surface area contributed by atoms with Gasteiger partial charge in [-0.3, -0.25) is 4.79 Å². The predicted molar refractivity (Wildman–Crippen MR) is 125 cm³/mol. The van der Waals surface area contributed by atoms with Crippen LogP contribution in [0.3, 0.4) is 0 Å². The van der Waals surface area contributed by atoms with E-state index in [9.17, 15) is 4.79 Å². The van der Waals surface area contributed by atoms with Crippen LogP contribution in [-0.4, -0.2) is 43.8 Å². The van der Waals surface area contributed by atoms with E-state index in [2.05, 4.69) is 6.58 Å². The fraction of sp³-hybridized carbons (Fsp3) is 0.444. The van der Waals surface area contributed by atoms with Gasteiger partial charge in [0.2, 0.25) is 0 Å². The normalized spacial score (nSPS) is 25.8. The van der Waals surface area contributed by atoms with Gasteiger partial charge in [-0.05, 0) is 24.0 Å². The Hall–Kier alpha value is -2.51. The Morgan fingerprint density at radius 3 is 2.03 bits per heavy atom. The molecule has 0 amide bonds. The maximum atomic E-state index is 12.6. The standard InChI is InChI=1S/C27H34O6/c1-5-19(2)16-23(28)33-24-20(3)32-27(29-4)26(31-18-22-14-10-7-11-15-22)25(24)30-17-21-12-8-6-9-13-21/h5-15,19-20,24-27H,1,16-18H2,2-4H3/t19-,20+,24+,25-,26+,27-/m0/s1. The zero-order valence-corrected chi connectivity index (χ0v) is 19.6. The Bertz CT molecular complexity index is 855. The summed E-state index contributed by atoms with van der Waals surface area (Å²) in [6.45, 7) is 8.22. The van der Waals surface area contributed by atoms with E-state index in [1.807, 2.05) is 74.5 Å². The van der Waals surface area contributed by atoms with Gasteiger partial charge in [-0.2, -0.15) is 0 Å². The Kier molecular flexibility index (Phi) is 9.63. The molecule has 1 heterocycles. The van der Waals surface area contributed by atoms with E-state index >= 15 is 0 Å². The number of hydrogen-bond acceptors (Lipinski definition) is 6. The third-order valence-electron chi connectivity index (χ3n) is 5.69. The molecule has 178 valence electrons. The van der Waals surface area contributed by atoms with Gasteiger partial charge in [0, 0.05) is 7.11 Å². The van der Waals surface area contributed by atoms with Gasteiger partial charge >= 0.3 is 5.97 Å². The lowest BCUT2D eigenvalue weighted by atomic mass is 9.98. The van der Waals surface area contributed by atoms with Crippen molar-refractivity contribution in [3.05, 3.63) is 84.4 Å². The maximum Gasteiger partial charge on any atom is 0.306 e. The minimum atomic E-state index is -0.661. The number of ether oxygens (including phenoxy) is 5. The minimum absolute atomic E-state index is 0.0119. The number of carbonyl (C=O) groups is 1. The summed E-state index contributed by atoms with van der Waals surface area (Å²) >= 11 is 0. The summed E-state index contributed by atoms with van der Waals surface area (Å²) in [6.07, 6.45) is -0.943. The lowest BCUT2D eigenvalue weighted by Gasteiger charge is -2.44. The van der Waals surface area contributed by atoms with Crippen molar-refractivity contribution in [1.82, 2.24) is 0 Å². The average Bonchev–Trinajstić information content (AvgIpc) is 2.84. The Labute approximate surface area is 196 Å². The second-order valence-electron chi connectivity index (χ2n) is 8.34. The molecule has 1 saturated heterocycles. The molecule has 0 saturated carbocycles. The molecule has 0 spiro atoms. The van der Waals surface area contributed by atoms with Crippen molar-refractivity contribution in [2.24, 2.45) is 5.92 Å². The third-order valence-corrected chi connectivity index (χ3v) is 5.69. The van der Waals surface area contributed by atoms with E-state index in [0.29, 0.717) is 13.2 Å². The predicted octanol–water partition coefficient (Wildman–Crippen LogP) is 4.67. The highest BCUT2D eigenvalue weighted by atomic mass is 16.7. The molecule has 0 aliphatic carbocycles. The molecule has 0 aromatic heterocycles. The van der Waals surface area contributed by atoms with Gasteiger partial charge in [-0.15, -0.1) is 6.58 Å². The molecule has 1 aliphatic rings. The van der Waals surface area contributed by atoms with Crippen molar-refractivity contribution < 1.29 is 28.5 Å². The van der Waals surface area contributed by atoms with Crippen LogP contribution in [0.2, 0.25) is 0 Å². The molecule has 0 unspecified atom stereocenters. The van der Waals surface area contributed by atoms with Crippen molar-refractivity contribution in [3.63, 3.8) is 0 Å². The molecule has 0 N–H and O–H groups in total. The van der Waals surface area contributed by atoms with Crippen molar-refractivity contribution >= 4 is 5.97 Å². The van der Waals surface area contributed by atoms with E-state index in [1.165, 1.54) is 0 Å². The van der Waals surface area contributed by atoms with E-state index in [-0.39, 0.29) is 18.3 Å². The Morgan fingerprint density at radius 1 is 0.970 bits per heavy atom. The summed E-state index contributed by atoms with van der Waals surface area (Å²) in [5.74, 6) is -0.313. The first kappa shape index (κ1) is 25.1. The highest BCUT2D eigenvalue weighted by Crippen LogP contribution is 2.30. The topological polar surface area (TPSA) is 63.2 Å². The van der Waals surface area contributed by atoms with E-state index in [4.69, 9.17) is 23.7 Å². The number of methoxy groups -OCH3 is 1. The number of allylic oxidation sites excluding steroid dienone is 1. The molecule has 2 aromatic rings. The molecule has 2 aromatic carbocycles. The summed E-state index contributed by atoms with van der Waals surface area (Å²) in [7, 11) is 1.57. The van der Waals surface area contributed by atoms with E-state index in [1.54, 1.807) is 13.2 Å². The maximum absolute atomic E-state index is 12.6. The second-order valence-corrected chi connectivity index (χ2v) is 8.34. The van der Waals surface area contributed by atoms with E-state index < -0.39 is 30.7 Å². The first-order valence-corrected chi connectivity index (χ1v) is 11.3. The molecule has 33 heavy (non-hydrogen) atoms. The van der Waals surface area contributed by atoms with Crippen LogP contribution in [0.5, 0.6) is 0 Å². The minimum Gasteiger partial charge on any atom is -0.457 e. The second kappa shape index (κ2) is 12.7. The van der Waals surface area contributed by atoms with Gasteiger partial charge in [0.05, 0.1) is 25.7 Å². The number of benzene rings is 2. The van der Waals surface area contributed by atoms with Crippen LogP contribution in [0, 0.1) is 5.92 Å². The largest absolute Gasteiger partial charge is 0.457 e. The molecule has 6 atom stereocenters. The van der Waals surface area contributed by atoms with Gasteiger partial charge in [-0.25, -0.2) is 0 Å². The SMILES string of the molecule is C=C[C@H](C)CC(=O)O[C@H]1[C@H](OCc2ccccc2)[C@@H](OCc2ccccc2)[C@@H](OC)O[C@@H]1C. The quantitative estimate of drug-likeness (QED) is 0.363. The van der Waals surface area contributed by atoms with Crippen molar-refractivity contribution in [3.8, 4) is 0 Å². The van der Waals surface area contributed by atoms with Crippen molar-refractivity contribution in [2.45, 2.75) is 64.2 Å². The summed E-state index contributed by atoms with van der Waals surface area (Å²) in [5.41, 5.74) is 2.03. The van der Waals surface area contributed by atoms with Crippen molar-refractivity contribution in [2.75, 3.05) is 7.11 Å². The van der Waals surface area contributed by atoms with Crippen LogP contribution < -0.4 is 0 Å². The number of hydrogen-bond donors (Lipinski definition) is 0. The van der Waals surface area contributed by atoms with Gasteiger partial charge in [0.15, 0.2) is 12.4 Å². The third kappa shape index (κ3) is 7.24. The van der Waals surface area contributed by atoms with Gasteiger partial charge in [0.1, 0.15) is 12.2 Å².